The number of rotatable bonds is 4. The number of anilines is 1. The zero-order chi connectivity index (χ0) is 21.1. The van der Waals surface area contributed by atoms with Crippen molar-refractivity contribution in [3.63, 3.8) is 0 Å². The van der Waals surface area contributed by atoms with E-state index < -0.39 is 21.6 Å². The number of nitrogens with one attached hydrogen (secondary N) is 1. The molecule has 1 aromatic rings. The third kappa shape index (κ3) is 6.63. The number of aliphatic imine (C=N–C) groups is 1. The van der Waals surface area contributed by atoms with E-state index in [0.29, 0.717) is 51.4 Å². The summed E-state index contributed by atoms with van der Waals surface area (Å²) in [7, 11) is -2.92. The molecule has 3 rings (SSSR count). The van der Waals surface area contributed by atoms with Crippen LogP contribution in [0.1, 0.15) is 18.9 Å². The van der Waals surface area contributed by atoms with Gasteiger partial charge in [0.1, 0.15) is 0 Å². The number of hydrogen-bond donors (Lipinski definition) is 1. The molecule has 2 fully saturated rings. The molecule has 2 aliphatic rings. The number of piperazine rings is 1. The molecule has 170 valence electrons. The maximum absolute atomic E-state index is 13.0. The molecule has 30 heavy (non-hydrogen) atoms. The van der Waals surface area contributed by atoms with Gasteiger partial charge in [-0.05, 0) is 37.5 Å². The number of sulfone groups is 1. The molecule has 1 unspecified atom stereocenters. The number of guanidine groups is 1. The first-order chi connectivity index (χ1) is 13.7. The van der Waals surface area contributed by atoms with Gasteiger partial charge in [-0.3, -0.25) is 4.99 Å². The number of hydrogen-bond acceptors (Lipinski definition) is 4. The summed E-state index contributed by atoms with van der Waals surface area (Å²) >= 11 is 0. The van der Waals surface area contributed by atoms with Gasteiger partial charge in [0.25, 0.3) is 0 Å². The van der Waals surface area contributed by atoms with Gasteiger partial charge in [0, 0.05) is 45.0 Å². The molecule has 2 saturated heterocycles. The second-order valence-corrected chi connectivity index (χ2v) is 9.71. The van der Waals surface area contributed by atoms with Crippen LogP contribution in [-0.2, 0) is 16.0 Å². The van der Waals surface area contributed by atoms with E-state index >= 15 is 0 Å². The first kappa shape index (κ1) is 25.0. The molecule has 0 aromatic heterocycles. The minimum absolute atomic E-state index is 0. The first-order valence-corrected chi connectivity index (χ1v) is 11.7. The van der Waals surface area contributed by atoms with E-state index in [9.17, 15) is 21.6 Å². The van der Waals surface area contributed by atoms with Crippen LogP contribution in [0.5, 0.6) is 0 Å². The lowest BCUT2D eigenvalue weighted by Crippen LogP contribution is -2.52. The number of alkyl halides is 3. The lowest BCUT2D eigenvalue weighted by atomic mass is 10.1. The minimum Gasteiger partial charge on any atom is -0.368 e. The van der Waals surface area contributed by atoms with Crippen molar-refractivity contribution in [1.29, 1.82) is 0 Å². The fraction of sp³-hybridized carbons (Fsp3) is 0.632. The summed E-state index contributed by atoms with van der Waals surface area (Å²) in [4.78, 5) is 8.65. The molecule has 0 radical (unpaired) electrons. The van der Waals surface area contributed by atoms with Crippen LogP contribution in [0.15, 0.2) is 29.3 Å². The number of nitrogens with zero attached hydrogens (tertiary/aromatic N) is 3. The average molecular weight is 560 g/mol. The van der Waals surface area contributed by atoms with Gasteiger partial charge in [0.15, 0.2) is 15.8 Å². The summed E-state index contributed by atoms with van der Waals surface area (Å²) in [6.07, 6.45) is -3.70. The summed E-state index contributed by atoms with van der Waals surface area (Å²) in [5.41, 5.74) is -0.0728. The monoisotopic (exact) mass is 560 g/mol. The molecule has 6 nitrogen and oxygen atoms in total. The van der Waals surface area contributed by atoms with Gasteiger partial charge in [0.05, 0.1) is 17.1 Å². The topological polar surface area (TPSA) is 65.0 Å². The molecule has 0 bridgehead atoms. The van der Waals surface area contributed by atoms with Crippen molar-refractivity contribution in [2.45, 2.75) is 19.5 Å². The van der Waals surface area contributed by atoms with Crippen molar-refractivity contribution in [2.24, 2.45) is 10.9 Å². The van der Waals surface area contributed by atoms with Crippen LogP contribution in [0.3, 0.4) is 0 Å². The van der Waals surface area contributed by atoms with E-state index in [0.717, 1.165) is 12.0 Å². The van der Waals surface area contributed by atoms with Gasteiger partial charge in [-0.1, -0.05) is 6.07 Å². The second kappa shape index (κ2) is 10.4. The van der Waals surface area contributed by atoms with Crippen molar-refractivity contribution in [3.05, 3.63) is 29.8 Å². The Morgan fingerprint density at radius 3 is 2.50 bits per heavy atom. The predicted octanol–water partition coefficient (Wildman–Crippen LogP) is 2.85. The van der Waals surface area contributed by atoms with Crippen molar-refractivity contribution in [2.75, 3.05) is 55.7 Å². The van der Waals surface area contributed by atoms with Gasteiger partial charge in [-0.25, -0.2) is 8.42 Å². The average Bonchev–Trinajstić information content (AvgIpc) is 3.03. The highest BCUT2D eigenvalue weighted by Crippen LogP contribution is 2.31. The molecule has 1 atom stereocenters. The zero-order valence-electron chi connectivity index (χ0n) is 16.9. The molecule has 1 aromatic carbocycles. The van der Waals surface area contributed by atoms with Gasteiger partial charge in [0.2, 0.25) is 0 Å². The Balaban J connectivity index is 0.00000320. The van der Waals surface area contributed by atoms with Gasteiger partial charge in [-0.15, -0.1) is 24.0 Å². The Kier molecular flexibility index (Phi) is 8.66. The summed E-state index contributed by atoms with van der Waals surface area (Å²) in [6, 6.07) is 5.41. The summed E-state index contributed by atoms with van der Waals surface area (Å²) < 4.78 is 62.1. The molecule has 0 amide bonds. The van der Waals surface area contributed by atoms with E-state index in [1.807, 2.05) is 11.8 Å². The van der Waals surface area contributed by atoms with Crippen LogP contribution in [0.25, 0.3) is 0 Å². The van der Waals surface area contributed by atoms with E-state index in [1.165, 1.54) is 12.1 Å². The molecule has 1 N–H and O–H groups in total. The van der Waals surface area contributed by atoms with Crippen LogP contribution in [0, 0.1) is 5.92 Å². The van der Waals surface area contributed by atoms with Crippen LogP contribution < -0.4 is 10.2 Å². The lowest BCUT2D eigenvalue weighted by molar-refractivity contribution is -0.137. The van der Waals surface area contributed by atoms with Crippen LogP contribution in [0.4, 0.5) is 18.9 Å². The van der Waals surface area contributed by atoms with Crippen molar-refractivity contribution in [1.82, 2.24) is 10.2 Å². The molecule has 0 aliphatic carbocycles. The normalized spacial score (nSPS) is 22.0. The number of benzene rings is 1. The third-order valence-electron chi connectivity index (χ3n) is 5.28. The molecule has 0 spiro atoms. The Morgan fingerprint density at radius 2 is 1.93 bits per heavy atom. The van der Waals surface area contributed by atoms with Crippen molar-refractivity contribution in [3.8, 4) is 0 Å². The third-order valence-corrected chi connectivity index (χ3v) is 7.12. The Labute approximate surface area is 192 Å². The van der Waals surface area contributed by atoms with E-state index in [2.05, 4.69) is 15.2 Å². The second-order valence-electron chi connectivity index (χ2n) is 7.49. The smallest absolute Gasteiger partial charge is 0.368 e. The fourth-order valence-electron chi connectivity index (χ4n) is 3.71. The van der Waals surface area contributed by atoms with Crippen LogP contribution >= 0.6 is 24.0 Å². The summed E-state index contributed by atoms with van der Waals surface area (Å²) in [5.74, 6) is 1.22. The van der Waals surface area contributed by atoms with Crippen LogP contribution in [-0.4, -0.2) is 70.1 Å². The quantitative estimate of drug-likeness (QED) is 0.349. The lowest BCUT2D eigenvalue weighted by Gasteiger charge is -2.38. The highest BCUT2D eigenvalue weighted by atomic mass is 127. The standard InChI is InChI=1S/C19H27F3N4O2S.HI/c1-2-23-18(24-13-15-6-11-29(27,28)14-15)26-9-7-25(8-10-26)17-5-3-4-16(12-17)19(20,21)22;/h3-5,12,15H,2,6-11,13-14H2,1H3,(H,23,24);1H. The van der Waals surface area contributed by atoms with Gasteiger partial charge < -0.3 is 15.1 Å². The van der Waals surface area contributed by atoms with Crippen molar-refractivity contribution >= 4 is 45.5 Å². The van der Waals surface area contributed by atoms with Crippen molar-refractivity contribution < 1.29 is 21.6 Å². The molecule has 2 heterocycles. The zero-order valence-corrected chi connectivity index (χ0v) is 20.0. The maximum atomic E-state index is 13.0. The fourth-order valence-corrected chi connectivity index (χ4v) is 5.56. The van der Waals surface area contributed by atoms with E-state index in [4.69, 9.17) is 0 Å². The highest BCUT2D eigenvalue weighted by Gasteiger charge is 2.31. The Hall–Kier alpha value is -1.24. The minimum atomic E-state index is -4.35. The Morgan fingerprint density at radius 1 is 1.23 bits per heavy atom. The van der Waals surface area contributed by atoms with E-state index in [-0.39, 0.29) is 41.4 Å². The van der Waals surface area contributed by atoms with E-state index in [1.54, 1.807) is 6.07 Å². The largest absolute Gasteiger partial charge is 0.416 e. The molecular weight excluding hydrogens is 532 g/mol. The molecule has 0 saturated carbocycles. The maximum Gasteiger partial charge on any atom is 0.416 e. The Bertz CT molecular complexity index is 840. The molecule has 11 heteroatoms. The summed E-state index contributed by atoms with van der Waals surface area (Å²) in [5, 5.41) is 3.24. The van der Waals surface area contributed by atoms with Gasteiger partial charge in [-0.2, -0.15) is 13.2 Å². The van der Waals surface area contributed by atoms with Crippen LogP contribution in [0.2, 0.25) is 0 Å². The SMILES string of the molecule is CCNC(=NCC1CCS(=O)(=O)C1)N1CCN(c2cccc(C(F)(F)F)c2)CC1.I. The molecule has 2 aliphatic heterocycles. The first-order valence-electron chi connectivity index (χ1n) is 9.84. The van der Waals surface area contributed by atoms with Gasteiger partial charge >= 0.3 is 6.18 Å². The highest BCUT2D eigenvalue weighted by molar-refractivity contribution is 14.0. The predicted molar refractivity (Wildman–Crippen MR) is 123 cm³/mol. The number of halogens is 4. The summed E-state index contributed by atoms with van der Waals surface area (Å²) in [6.45, 7) is 5.56. The molecular formula is C19H28F3IN4O2S.